The van der Waals surface area contributed by atoms with Gasteiger partial charge in [-0.3, -0.25) is 0 Å². The van der Waals surface area contributed by atoms with Crippen LogP contribution in [0.2, 0.25) is 0 Å². The van der Waals surface area contributed by atoms with E-state index in [1.165, 1.54) is 0 Å². The van der Waals surface area contributed by atoms with Gasteiger partial charge in [-0.1, -0.05) is 0 Å². The Labute approximate surface area is 95.1 Å². The summed E-state index contributed by atoms with van der Waals surface area (Å²) in [4.78, 5) is 0. The first kappa shape index (κ1) is 12.1. The van der Waals surface area contributed by atoms with Gasteiger partial charge in [0.25, 0.3) is 0 Å². The van der Waals surface area contributed by atoms with E-state index in [4.69, 9.17) is 9.47 Å². The molecule has 1 heterocycles. The summed E-state index contributed by atoms with van der Waals surface area (Å²) in [6.45, 7) is 1.09. The fourth-order valence-corrected chi connectivity index (χ4v) is 2.08. The molecule has 2 rings (SSSR count). The zero-order chi connectivity index (χ0) is 11.6. The van der Waals surface area contributed by atoms with Crippen molar-refractivity contribution in [2.45, 2.75) is 30.6 Å². The zero-order valence-corrected chi connectivity index (χ0v) is 9.20. The summed E-state index contributed by atoms with van der Waals surface area (Å²) in [5, 5.41) is 0. The summed E-state index contributed by atoms with van der Waals surface area (Å²) >= 11 is -0.479. The Morgan fingerprint density at radius 3 is 2.50 bits per heavy atom. The van der Waals surface area contributed by atoms with Crippen molar-refractivity contribution in [1.82, 2.24) is 0 Å². The first-order chi connectivity index (χ1) is 7.49. The fraction of sp³-hybridized carbons (Fsp3) is 0.778. The molecule has 1 fully saturated rings. The molecule has 92 valence electrons. The molecule has 0 aromatic rings. The van der Waals surface area contributed by atoms with Crippen molar-refractivity contribution < 1.29 is 26.8 Å². The van der Waals surface area contributed by atoms with Gasteiger partial charge in [-0.05, 0) is 6.08 Å². The molecular formula is C9H11F3O3S. The third-order valence-electron chi connectivity index (χ3n) is 2.45. The Hall–Kier alpha value is -0.400. The molecule has 0 atom stereocenters. The number of hydrogen-bond acceptors (Lipinski definition) is 4. The Morgan fingerprint density at radius 1 is 1.31 bits per heavy atom. The Kier molecular flexibility index (Phi) is 3.37. The molecule has 0 aromatic heterocycles. The van der Waals surface area contributed by atoms with Gasteiger partial charge in [0.2, 0.25) is 0 Å². The van der Waals surface area contributed by atoms with Crippen LogP contribution in [0.3, 0.4) is 0 Å². The highest BCUT2D eigenvalue weighted by molar-refractivity contribution is 7.95. The maximum atomic E-state index is 11.9. The molecule has 0 N–H and O–H groups in total. The summed E-state index contributed by atoms with van der Waals surface area (Å²) < 4.78 is 51.0. The second kappa shape index (κ2) is 4.46. The predicted octanol–water partition coefficient (Wildman–Crippen LogP) is 2.98. The van der Waals surface area contributed by atoms with Crippen molar-refractivity contribution in [3.05, 3.63) is 11.8 Å². The van der Waals surface area contributed by atoms with Gasteiger partial charge >= 0.3 is 5.51 Å². The van der Waals surface area contributed by atoms with Gasteiger partial charge in [0.1, 0.15) is 5.76 Å². The molecule has 1 aliphatic heterocycles. The minimum atomic E-state index is -4.36. The van der Waals surface area contributed by atoms with Crippen LogP contribution in [-0.4, -0.2) is 24.5 Å². The molecule has 0 amide bonds. The van der Waals surface area contributed by atoms with Gasteiger partial charge in [-0.2, -0.15) is 13.2 Å². The minimum Gasteiger partial charge on any atom is -0.422 e. The lowest BCUT2D eigenvalue weighted by Crippen LogP contribution is -2.31. The van der Waals surface area contributed by atoms with Gasteiger partial charge < -0.3 is 13.7 Å². The number of hydrogen-bond donors (Lipinski definition) is 0. The van der Waals surface area contributed by atoms with Crippen LogP contribution in [0.15, 0.2) is 11.8 Å². The Balaban J connectivity index is 1.84. The molecule has 7 heteroatoms. The van der Waals surface area contributed by atoms with Crippen molar-refractivity contribution in [2.75, 3.05) is 13.2 Å². The standard InChI is InChI=1S/C9H11F3O3S/c10-9(11,12)16-15-7-1-3-8(4-2-7)13-5-6-14-8/h1H,2-6H2. The van der Waals surface area contributed by atoms with Crippen molar-refractivity contribution >= 4 is 12.0 Å². The van der Waals surface area contributed by atoms with Crippen LogP contribution in [-0.2, 0) is 13.7 Å². The van der Waals surface area contributed by atoms with Crippen LogP contribution >= 0.6 is 12.0 Å². The van der Waals surface area contributed by atoms with E-state index in [-0.39, 0.29) is 0 Å². The number of allylic oxidation sites excluding steroid dienone is 1. The van der Waals surface area contributed by atoms with Crippen molar-refractivity contribution in [3.8, 4) is 0 Å². The monoisotopic (exact) mass is 256 g/mol. The van der Waals surface area contributed by atoms with Crippen molar-refractivity contribution in [1.29, 1.82) is 0 Å². The van der Waals surface area contributed by atoms with Crippen LogP contribution in [0.25, 0.3) is 0 Å². The lowest BCUT2D eigenvalue weighted by molar-refractivity contribution is -0.162. The molecule has 16 heavy (non-hydrogen) atoms. The SMILES string of the molecule is FC(F)(F)SOC1=CCC2(CC1)OCCO2. The van der Waals surface area contributed by atoms with Crippen molar-refractivity contribution in [3.63, 3.8) is 0 Å². The van der Waals surface area contributed by atoms with Crippen LogP contribution in [0, 0.1) is 0 Å². The summed E-state index contributed by atoms with van der Waals surface area (Å²) in [5.74, 6) is -0.275. The third kappa shape index (κ3) is 3.05. The predicted molar refractivity (Wildman–Crippen MR) is 51.3 cm³/mol. The molecule has 1 spiro atoms. The number of alkyl halides is 3. The largest absolute Gasteiger partial charge is 0.479 e. The van der Waals surface area contributed by atoms with Crippen molar-refractivity contribution in [2.24, 2.45) is 0 Å². The first-order valence-corrected chi connectivity index (χ1v) is 5.63. The average molecular weight is 256 g/mol. The van der Waals surface area contributed by atoms with E-state index >= 15 is 0 Å². The van der Waals surface area contributed by atoms with Gasteiger partial charge in [-0.25, -0.2) is 0 Å². The smallest absolute Gasteiger partial charge is 0.422 e. The van der Waals surface area contributed by atoms with Gasteiger partial charge in [0.05, 0.1) is 13.2 Å². The molecule has 1 saturated heterocycles. The molecule has 3 nitrogen and oxygen atoms in total. The molecule has 0 radical (unpaired) electrons. The number of ether oxygens (including phenoxy) is 2. The average Bonchev–Trinajstić information content (AvgIpc) is 2.65. The van der Waals surface area contributed by atoms with Crippen LogP contribution in [0.5, 0.6) is 0 Å². The second-order valence-electron chi connectivity index (χ2n) is 3.59. The third-order valence-corrected chi connectivity index (χ3v) is 2.94. The lowest BCUT2D eigenvalue weighted by Gasteiger charge is -2.30. The van der Waals surface area contributed by atoms with Crippen LogP contribution < -0.4 is 0 Å². The molecule has 0 bridgehead atoms. The molecule has 1 aliphatic carbocycles. The van der Waals surface area contributed by atoms with E-state index in [1.54, 1.807) is 6.08 Å². The highest BCUT2D eigenvalue weighted by Crippen LogP contribution is 2.39. The summed E-state index contributed by atoms with van der Waals surface area (Å²) in [6.07, 6.45) is 2.99. The number of rotatable bonds is 2. The minimum absolute atomic E-state index is 0.340. The van der Waals surface area contributed by atoms with E-state index in [2.05, 4.69) is 4.18 Å². The molecular weight excluding hydrogens is 245 g/mol. The van der Waals surface area contributed by atoms with Gasteiger partial charge in [-0.15, -0.1) is 0 Å². The maximum absolute atomic E-state index is 11.9. The normalized spacial score (nSPS) is 24.6. The topological polar surface area (TPSA) is 27.7 Å². The Morgan fingerprint density at radius 2 is 2.00 bits per heavy atom. The molecule has 0 unspecified atom stereocenters. The summed E-state index contributed by atoms with van der Waals surface area (Å²) in [7, 11) is 0. The fourth-order valence-electron chi connectivity index (χ4n) is 1.72. The Bertz CT molecular complexity index is 284. The van der Waals surface area contributed by atoms with Gasteiger partial charge in [0, 0.05) is 19.3 Å². The van der Waals surface area contributed by atoms with E-state index in [9.17, 15) is 13.2 Å². The zero-order valence-electron chi connectivity index (χ0n) is 8.38. The van der Waals surface area contributed by atoms with Crippen LogP contribution in [0.4, 0.5) is 13.2 Å². The summed E-state index contributed by atoms with van der Waals surface area (Å²) in [5.41, 5.74) is -4.36. The van der Waals surface area contributed by atoms with E-state index < -0.39 is 23.3 Å². The van der Waals surface area contributed by atoms with E-state index in [0.29, 0.717) is 38.2 Å². The molecule has 0 saturated carbocycles. The maximum Gasteiger partial charge on any atom is 0.479 e. The quantitative estimate of drug-likeness (QED) is 0.710. The van der Waals surface area contributed by atoms with E-state index in [1.807, 2.05) is 0 Å². The highest BCUT2D eigenvalue weighted by Gasteiger charge is 2.39. The van der Waals surface area contributed by atoms with E-state index in [0.717, 1.165) is 0 Å². The highest BCUT2D eigenvalue weighted by atomic mass is 32.2. The molecule has 0 aromatic carbocycles. The number of halogens is 3. The second-order valence-corrected chi connectivity index (χ2v) is 4.39. The van der Waals surface area contributed by atoms with Crippen LogP contribution in [0.1, 0.15) is 19.3 Å². The lowest BCUT2D eigenvalue weighted by atomic mass is 9.99. The summed E-state index contributed by atoms with van der Waals surface area (Å²) in [6, 6.07) is 0. The molecule has 2 aliphatic rings. The van der Waals surface area contributed by atoms with Gasteiger partial charge in [0.15, 0.2) is 17.8 Å². The first-order valence-electron chi connectivity index (χ1n) is 4.89.